The number of carbonyl (C=O) groups excluding carboxylic acids is 2. The molecule has 1 fully saturated rings. The summed E-state index contributed by atoms with van der Waals surface area (Å²) in [6.45, 7) is 0.233. The summed E-state index contributed by atoms with van der Waals surface area (Å²) in [4.78, 5) is 28.3. The van der Waals surface area contributed by atoms with Crippen molar-refractivity contribution in [3.63, 3.8) is 0 Å². The lowest BCUT2D eigenvalue weighted by Gasteiger charge is -2.25. The van der Waals surface area contributed by atoms with Gasteiger partial charge in [-0.15, -0.1) is 11.3 Å². The topological polar surface area (TPSA) is 87.1 Å². The molecule has 1 atom stereocenters. The molecular formula is C23H18BrNO5S. The van der Waals surface area contributed by atoms with Crippen LogP contribution >= 0.6 is 27.3 Å². The van der Waals surface area contributed by atoms with E-state index in [2.05, 4.69) is 15.9 Å². The summed E-state index contributed by atoms with van der Waals surface area (Å²) in [5, 5.41) is 22.7. The third kappa shape index (κ3) is 3.96. The Morgan fingerprint density at radius 2 is 1.90 bits per heavy atom. The second-order valence-electron chi connectivity index (χ2n) is 6.95. The van der Waals surface area contributed by atoms with Crippen molar-refractivity contribution in [2.24, 2.45) is 0 Å². The first-order valence-electron chi connectivity index (χ1n) is 9.34. The number of ether oxygens (including phenoxy) is 1. The van der Waals surface area contributed by atoms with Gasteiger partial charge in [0.25, 0.3) is 11.7 Å². The minimum Gasteiger partial charge on any atom is -0.508 e. The standard InChI is InChI=1S/C23H18BrNO5S/c1-30-18-9-6-14(11-17(18)24)21(27)19-20(13-4-7-15(26)8-5-13)25(23(29)22(19)28)12-16-3-2-10-31-16/h2-11,20,26-27H,12H2,1H3/b21-19-. The number of Topliss-reactive ketones (excluding diaryl/α,β-unsaturated/α-hetero) is 1. The van der Waals surface area contributed by atoms with Crippen molar-refractivity contribution in [1.29, 1.82) is 0 Å². The van der Waals surface area contributed by atoms with Gasteiger partial charge in [-0.25, -0.2) is 0 Å². The minimum atomic E-state index is -0.788. The van der Waals surface area contributed by atoms with Crippen LogP contribution in [0.15, 0.2) is 70.0 Å². The van der Waals surface area contributed by atoms with Crippen LogP contribution in [0.25, 0.3) is 5.76 Å². The third-order valence-corrected chi connectivity index (χ3v) is 6.56. The van der Waals surface area contributed by atoms with Crippen LogP contribution < -0.4 is 4.74 Å². The van der Waals surface area contributed by atoms with Gasteiger partial charge < -0.3 is 19.8 Å². The van der Waals surface area contributed by atoms with Crippen molar-refractivity contribution in [3.05, 3.63) is 86.0 Å². The van der Waals surface area contributed by atoms with Crippen LogP contribution in [-0.4, -0.2) is 33.9 Å². The van der Waals surface area contributed by atoms with Gasteiger partial charge in [0, 0.05) is 10.4 Å². The fourth-order valence-electron chi connectivity index (χ4n) is 3.59. The minimum absolute atomic E-state index is 0.00399. The summed E-state index contributed by atoms with van der Waals surface area (Å²) in [6, 6.07) is 14.2. The second-order valence-corrected chi connectivity index (χ2v) is 8.83. The quantitative estimate of drug-likeness (QED) is 0.297. The van der Waals surface area contributed by atoms with Crippen molar-refractivity contribution in [1.82, 2.24) is 4.90 Å². The summed E-state index contributed by atoms with van der Waals surface area (Å²) in [5.41, 5.74) is 0.998. The average molecular weight is 500 g/mol. The molecule has 0 bridgehead atoms. The van der Waals surface area contributed by atoms with Crippen LogP contribution in [0.1, 0.15) is 22.0 Å². The molecule has 8 heteroatoms. The molecular weight excluding hydrogens is 482 g/mol. The highest BCUT2D eigenvalue weighted by atomic mass is 79.9. The van der Waals surface area contributed by atoms with Crippen LogP contribution in [0.2, 0.25) is 0 Å². The van der Waals surface area contributed by atoms with Gasteiger partial charge in [-0.2, -0.15) is 0 Å². The summed E-state index contributed by atoms with van der Waals surface area (Å²) in [5.74, 6) is -1.06. The number of phenols is 1. The van der Waals surface area contributed by atoms with Gasteiger partial charge in [-0.3, -0.25) is 9.59 Å². The summed E-state index contributed by atoms with van der Waals surface area (Å²) < 4.78 is 5.83. The molecule has 1 saturated heterocycles. The van der Waals surface area contributed by atoms with E-state index in [1.54, 1.807) is 30.3 Å². The normalized spacial score (nSPS) is 17.9. The fourth-order valence-corrected chi connectivity index (χ4v) is 4.83. The van der Waals surface area contributed by atoms with Gasteiger partial charge in [-0.05, 0) is 63.3 Å². The van der Waals surface area contributed by atoms with Gasteiger partial charge in [0.05, 0.1) is 29.7 Å². The van der Waals surface area contributed by atoms with E-state index in [4.69, 9.17) is 4.74 Å². The summed E-state index contributed by atoms with van der Waals surface area (Å²) >= 11 is 4.86. The molecule has 2 aromatic carbocycles. The zero-order chi connectivity index (χ0) is 22.1. The van der Waals surface area contributed by atoms with E-state index < -0.39 is 17.7 Å². The van der Waals surface area contributed by atoms with E-state index in [0.717, 1.165) is 4.88 Å². The number of methoxy groups -OCH3 is 1. The van der Waals surface area contributed by atoms with Gasteiger partial charge in [0.2, 0.25) is 0 Å². The molecule has 2 N–H and O–H groups in total. The lowest BCUT2D eigenvalue weighted by atomic mass is 9.95. The average Bonchev–Trinajstić information content (AvgIpc) is 3.36. The number of aliphatic hydroxyl groups excluding tert-OH is 1. The number of ketones is 1. The van der Waals surface area contributed by atoms with Crippen LogP contribution in [-0.2, 0) is 16.1 Å². The SMILES string of the molecule is COc1ccc(/C(O)=C2/C(=O)C(=O)N(Cc3cccs3)C2c2ccc(O)cc2)cc1Br. The van der Waals surface area contributed by atoms with E-state index in [1.165, 1.54) is 35.5 Å². The Kier molecular flexibility index (Phi) is 5.84. The molecule has 2 heterocycles. The molecule has 0 aliphatic carbocycles. The van der Waals surface area contributed by atoms with Crippen LogP contribution in [0.4, 0.5) is 0 Å². The zero-order valence-corrected chi connectivity index (χ0v) is 18.8. The molecule has 4 rings (SSSR count). The Morgan fingerprint density at radius 3 is 2.52 bits per heavy atom. The number of carbonyl (C=O) groups is 2. The lowest BCUT2D eigenvalue weighted by molar-refractivity contribution is -0.140. The van der Waals surface area contributed by atoms with Gasteiger partial charge >= 0.3 is 0 Å². The Labute approximate surface area is 191 Å². The Balaban J connectivity index is 1.86. The van der Waals surface area contributed by atoms with Crippen molar-refractivity contribution < 1.29 is 24.5 Å². The first-order chi connectivity index (χ1) is 14.9. The van der Waals surface area contributed by atoms with E-state index in [0.29, 0.717) is 21.3 Å². The maximum Gasteiger partial charge on any atom is 0.295 e. The first kappa shape index (κ1) is 21.1. The smallest absolute Gasteiger partial charge is 0.295 e. The molecule has 1 unspecified atom stereocenters. The number of aliphatic hydroxyl groups is 1. The maximum atomic E-state index is 13.0. The molecule has 1 amide bonds. The van der Waals surface area contributed by atoms with Crippen molar-refractivity contribution >= 4 is 44.7 Å². The van der Waals surface area contributed by atoms with E-state index in [-0.39, 0.29) is 23.6 Å². The number of amides is 1. The predicted octanol–water partition coefficient (Wildman–Crippen LogP) is 4.85. The number of benzene rings is 2. The molecule has 0 spiro atoms. The number of aromatic hydroxyl groups is 1. The molecule has 0 radical (unpaired) electrons. The molecule has 158 valence electrons. The number of likely N-dealkylation sites (tertiary alicyclic amines) is 1. The predicted molar refractivity (Wildman–Crippen MR) is 121 cm³/mol. The number of hydrogen-bond acceptors (Lipinski definition) is 6. The second kappa shape index (κ2) is 8.56. The first-order valence-corrected chi connectivity index (χ1v) is 11.0. The van der Waals surface area contributed by atoms with Crippen LogP contribution in [0.5, 0.6) is 11.5 Å². The summed E-state index contributed by atoms with van der Waals surface area (Å²) in [7, 11) is 1.53. The molecule has 1 aliphatic rings. The number of rotatable bonds is 5. The third-order valence-electron chi connectivity index (χ3n) is 5.08. The molecule has 31 heavy (non-hydrogen) atoms. The monoisotopic (exact) mass is 499 g/mol. The van der Waals surface area contributed by atoms with E-state index in [1.807, 2.05) is 17.5 Å². The Morgan fingerprint density at radius 1 is 1.16 bits per heavy atom. The lowest BCUT2D eigenvalue weighted by Crippen LogP contribution is -2.28. The highest BCUT2D eigenvalue weighted by molar-refractivity contribution is 9.10. The van der Waals surface area contributed by atoms with Crippen LogP contribution in [0, 0.1) is 0 Å². The number of nitrogens with zero attached hydrogens (tertiary/aromatic N) is 1. The highest BCUT2D eigenvalue weighted by Gasteiger charge is 2.46. The summed E-state index contributed by atoms with van der Waals surface area (Å²) in [6.07, 6.45) is 0. The largest absolute Gasteiger partial charge is 0.508 e. The fraction of sp³-hybridized carbons (Fsp3) is 0.130. The molecule has 6 nitrogen and oxygen atoms in total. The van der Waals surface area contributed by atoms with E-state index >= 15 is 0 Å². The van der Waals surface area contributed by atoms with Crippen molar-refractivity contribution in [2.75, 3.05) is 7.11 Å². The van der Waals surface area contributed by atoms with Gasteiger partial charge in [-0.1, -0.05) is 18.2 Å². The van der Waals surface area contributed by atoms with Crippen LogP contribution in [0.3, 0.4) is 0 Å². The highest BCUT2D eigenvalue weighted by Crippen LogP contribution is 2.41. The van der Waals surface area contributed by atoms with Crippen molar-refractivity contribution in [3.8, 4) is 11.5 Å². The number of hydrogen-bond donors (Lipinski definition) is 2. The maximum absolute atomic E-state index is 13.0. The zero-order valence-electron chi connectivity index (χ0n) is 16.4. The number of halogens is 1. The number of phenolic OH excluding ortho intramolecular Hbond substituents is 1. The van der Waals surface area contributed by atoms with Crippen molar-refractivity contribution in [2.45, 2.75) is 12.6 Å². The molecule has 0 saturated carbocycles. The Bertz CT molecular complexity index is 1170. The van der Waals surface area contributed by atoms with Gasteiger partial charge in [0.1, 0.15) is 17.3 Å². The van der Waals surface area contributed by atoms with E-state index in [9.17, 15) is 19.8 Å². The Hall–Kier alpha value is -3.10. The van der Waals surface area contributed by atoms with Gasteiger partial charge in [0.15, 0.2) is 0 Å². The molecule has 3 aromatic rings. The number of thiophene rings is 1. The molecule has 1 aliphatic heterocycles. The molecule has 1 aromatic heterocycles.